The number of fused-ring (bicyclic) bond motifs is 2. The van der Waals surface area contributed by atoms with Gasteiger partial charge in [0.2, 0.25) is 11.8 Å². The summed E-state index contributed by atoms with van der Waals surface area (Å²) in [5.74, 6) is -0.826. The molecule has 1 aromatic rings. The van der Waals surface area contributed by atoms with E-state index in [1.165, 1.54) is 0 Å². The van der Waals surface area contributed by atoms with Gasteiger partial charge in [0.25, 0.3) is 5.91 Å². The minimum absolute atomic E-state index is 0.159. The average molecular weight is 300 g/mol. The number of carbonyl (C=O) groups excluding carboxylic acids is 3. The van der Waals surface area contributed by atoms with E-state index in [0.717, 1.165) is 16.7 Å². The maximum atomic E-state index is 12.6. The van der Waals surface area contributed by atoms with Crippen molar-refractivity contribution in [3.63, 3.8) is 0 Å². The first kappa shape index (κ1) is 13.5. The van der Waals surface area contributed by atoms with Crippen LogP contribution in [0.5, 0.6) is 0 Å². The smallest absolute Gasteiger partial charge is 0.255 e. The summed E-state index contributed by atoms with van der Waals surface area (Å²) in [4.78, 5) is 37.4. The normalized spacial score (nSPS) is 27.0. The largest absolute Gasteiger partial charge is 0.392 e. The Morgan fingerprint density at radius 3 is 2.55 bits per heavy atom. The summed E-state index contributed by atoms with van der Waals surface area (Å²) in [5.41, 5.74) is 3.63. The van der Waals surface area contributed by atoms with Gasteiger partial charge in [0.1, 0.15) is 6.04 Å². The first-order valence-corrected chi connectivity index (χ1v) is 7.50. The predicted molar refractivity (Wildman–Crippen MR) is 75.9 cm³/mol. The maximum Gasteiger partial charge on any atom is 0.255 e. The van der Waals surface area contributed by atoms with Crippen LogP contribution in [0.2, 0.25) is 0 Å². The number of rotatable bonds is 1. The van der Waals surface area contributed by atoms with Gasteiger partial charge in [-0.1, -0.05) is 6.07 Å². The third-order valence-electron chi connectivity index (χ3n) is 4.75. The second-order valence-corrected chi connectivity index (χ2v) is 6.24. The van der Waals surface area contributed by atoms with E-state index in [-0.39, 0.29) is 30.2 Å². The van der Waals surface area contributed by atoms with Crippen LogP contribution in [0.25, 0.3) is 0 Å². The fraction of sp³-hybridized carbons (Fsp3) is 0.438. The fourth-order valence-electron chi connectivity index (χ4n) is 3.67. The lowest BCUT2D eigenvalue weighted by Gasteiger charge is -2.29. The number of benzene rings is 1. The topological polar surface area (TPSA) is 86.7 Å². The molecule has 2 N–H and O–H groups in total. The summed E-state index contributed by atoms with van der Waals surface area (Å²) in [6, 6.07) is 3.26. The molecule has 4 rings (SSSR count). The molecule has 3 amide bonds. The fourth-order valence-corrected chi connectivity index (χ4v) is 3.67. The van der Waals surface area contributed by atoms with Gasteiger partial charge in [-0.3, -0.25) is 19.7 Å². The van der Waals surface area contributed by atoms with Crippen LogP contribution in [-0.4, -0.2) is 39.9 Å². The first-order chi connectivity index (χ1) is 10.5. The molecule has 22 heavy (non-hydrogen) atoms. The zero-order valence-corrected chi connectivity index (χ0v) is 12.0. The van der Waals surface area contributed by atoms with Crippen molar-refractivity contribution in [1.29, 1.82) is 0 Å². The Hall–Kier alpha value is -2.21. The van der Waals surface area contributed by atoms with Gasteiger partial charge >= 0.3 is 0 Å². The number of nitrogens with one attached hydrogen (secondary N) is 1. The summed E-state index contributed by atoms with van der Waals surface area (Å²) in [6.45, 7) is 0.393. The van der Waals surface area contributed by atoms with Crippen molar-refractivity contribution in [3.05, 3.63) is 34.4 Å². The molecule has 1 saturated heterocycles. The minimum atomic E-state index is -0.571. The molecule has 2 aliphatic heterocycles. The Bertz CT molecular complexity index is 712. The molecule has 1 aliphatic carbocycles. The van der Waals surface area contributed by atoms with E-state index >= 15 is 0 Å². The number of hydrogen-bond acceptors (Lipinski definition) is 4. The monoisotopic (exact) mass is 300 g/mol. The van der Waals surface area contributed by atoms with Crippen molar-refractivity contribution in [2.24, 2.45) is 0 Å². The molecule has 6 heteroatoms. The van der Waals surface area contributed by atoms with E-state index in [9.17, 15) is 19.5 Å². The molecule has 1 fully saturated rings. The SMILES string of the molecule is O=C1CCC(N2Cc3cc4c(cc3C2=O)CC(O)C4)C(=O)N1. The Balaban J connectivity index is 1.63. The molecule has 1 aromatic carbocycles. The number of imide groups is 1. The van der Waals surface area contributed by atoms with E-state index in [2.05, 4.69) is 5.32 Å². The highest BCUT2D eigenvalue weighted by Gasteiger charge is 2.39. The van der Waals surface area contributed by atoms with Gasteiger partial charge in [-0.05, 0) is 42.0 Å². The zero-order valence-electron chi connectivity index (χ0n) is 12.0. The van der Waals surface area contributed by atoms with Gasteiger partial charge in [-0.25, -0.2) is 0 Å². The number of hydrogen-bond donors (Lipinski definition) is 2. The summed E-state index contributed by atoms with van der Waals surface area (Å²) in [7, 11) is 0. The molecule has 2 heterocycles. The van der Waals surface area contributed by atoms with Crippen LogP contribution in [-0.2, 0) is 29.0 Å². The lowest BCUT2D eigenvalue weighted by atomic mass is 10.0. The van der Waals surface area contributed by atoms with E-state index in [0.29, 0.717) is 31.4 Å². The number of nitrogens with zero attached hydrogens (tertiary/aromatic N) is 1. The van der Waals surface area contributed by atoms with Gasteiger partial charge < -0.3 is 10.0 Å². The van der Waals surface area contributed by atoms with Crippen molar-refractivity contribution in [3.8, 4) is 0 Å². The average Bonchev–Trinajstić information content (AvgIpc) is 2.96. The number of piperidine rings is 1. The lowest BCUT2D eigenvalue weighted by Crippen LogP contribution is -2.52. The predicted octanol–water partition coefficient (Wildman–Crippen LogP) is -0.0929. The van der Waals surface area contributed by atoms with Crippen LogP contribution >= 0.6 is 0 Å². The quantitative estimate of drug-likeness (QED) is 0.710. The Morgan fingerprint density at radius 2 is 1.82 bits per heavy atom. The van der Waals surface area contributed by atoms with E-state index < -0.39 is 6.04 Å². The van der Waals surface area contributed by atoms with Crippen molar-refractivity contribution in [2.75, 3.05) is 0 Å². The molecule has 2 unspecified atom stereocenters. The van der Waals surface area contributed by atoms with Gasteiger partial charge in [0.15, 0.2) is 0 Å². The second kappa shape index (κ2) is 4.64. The molecule has 6 nitrogen and oxygen atoms in total. The molecular weight excluding hydrogens is 284 g/mol. The van der Waals surface area contributed by atoms with Crippen LogP contribution in [0, 0.1) is 0 Å². The molecular formula is C16H16N2O4. The third kappa shape index (κ3) is 1.94. The molecule has 0 aromatic heterocycles. The molecule has 0 spiro atoms. The van der Waals surface area contributed by atoms with Crippen LogP contribution < -0.4 is 5.32 Å². The van der Waals surface area contributed by atoms with Crippen molar-refractivity contribution < 1.29 is 19.5 Å². The van der Waals surface area contributed by atoms with Crippen LogP contribution in [0.3, 0.4) is 0 Å². The van der Waals surface area contributed by atoms with Gasteiger partial charge in [-0.15, -0.1) is 0 Å². The van der Waals surface area contributed by atoms with Crippen molar-refractivity contribution >= 4 is 17.7 Å². The van der Waals surface area contributed by atoms with Crippen molar-refractivity contribution in [1.82, 2.24) is 10.2 Å². The number of carbonyl (C=O) groups is 3. The van der Waals surface area contributed by atoms with E-state index in [1.807, 2.05) is 12.1 Å². The number of aliphatic hydroxyl groups excluding tert-OH is 1. The Labute approximate surface area is 127 Å². The van der Waals surface area contributed by atoms with Crippen molar-refractivity contribution in [2.45, 2.75) is 44.4 Å². The molecule has 0 radical (unpaired) electrons. The summed E-state index contributed by atoms with van der Waals surface area (Å²) in [6.07, 6.45) is 1.48. The van der Waals surface area contributed by atoms with Gasteiger partial charge in [0.05, 0.1) is 6.10 Å². The third-order valence-corrected chi connectivity index (χ3v) is 4.75. The Morgan fingerprint density at radius 1 is 1.09 bits per heavy atom. The van der Waals surface area contributed by atoms with Crippen LogP contribution in [0.4, 0.5) is 0 Å². The summed E-state index contributed by atoms with van der Waals surface area (Å²) in [5, 5.41) is 12.0. The van der Waals surface area contributed by atoms with Gasteiger partial charge in [-0.2, -0.15) is 0 Å². The molecule has 2 atom stereocenters. The molecule has 114 valence electrons. The van der Waals surface area contributed by atoms with Gasteiger partial charge in [0, 0.05) is 18.5 Å². The Kier molecular flexibility index (Phi) is 2.84. The number of aliphatic hydroxyl groups is 1. The highest BCUT2D eigenvalue weighted by molar-refractivity contribution is 6.05. The van der Waals surface area contributed by atoms with E-state index in [1.54, 1.807) is 4.90 Å². The summed E-state index contributed by atoms with van der Waals surface area (Å²) >= 11 is 0. The minimum Gasteiger partial charge on any atom is -0.392 e. The zero-order chi connectivity index (χ0) is 15.4. The van der Waals surface area contributed by atoms with E-state index in [4.69, 9.17) is 0 Å². The molecule has 0 bridgehead atoms. The second-order valence-electron chi connectivity index (χ2n) is 6.24. The standard InChI is InChI=1S/C16H16N2O4/c19-11-4-8-3-10-7-18(13-1-2-14(20)17-15(13)21)16(22)12(10)6-9(8)5-11/h3,6,11,13,19H,1-2,4-5,7H2,(H,17,20,21). The number of amides is 3. The highest BCUT2D eigenvalue weighted by Crippen LogP contribution is 2.33. The van der Waals surface area contributed by atoms with Crippen LogP contribution in [0.1, 0.15) is 39.9 Å². The summed E-state index contributed by atoms with van der Waals surface area (Å²) < 4.78 is 0. The first-order valence-electron chi connectivity index (χ1n) is 7.50. The lowest BCUT2D eigenvalue weighted by molar-refractivity contribution is -0.136. The maximum absolute atomic E-state index is 12.6. The molecule has 3 aliphatic rings. The van der Waals surface area contributed by atoms with Crippen LogP contribution in [0.15, 0.2) is 12.1 Å². The molecule has 0 saturated carbocycles. The highest BCUT2D eigenvalue weighted by atomic mass is 16.3.